The summed E-state index contributed by atoms with van der Waals surface area (Å²) in [6.07, 6.45) is 11.1. The number of fused-ring (bicyclic) bond motifs is 5. The highest BCUT2D eigenvalue weighted by Crippen LogP contribution is 2.70. The van der Waals surface area contributed by atoms with Crippen molar-refractivity contribution in [3.8, 4) is 0 Å². The van der Waals surface area contributed by atoms with Crippen LogP contribution in [0.2, 0.25) is 0 Å². The molecule has 10 atom stereocenters. The third-order valence-electron chi connectivity index (χ3n) is 11.9. The van der Waals surface area contributed by atoms with E-state index in [4.69, 9.17) is 0 Å². The third kappa shape index (κ3) is 4.75. The van der Waals surface area contributed by atoms with Crippen molar-refractivity contribution in [1.82, 2.24) is 4.90 Å². The van der Waals surface area contributed by atoms with Gasteiger partial charge < -0.3 is 20.2 Å². The van der Waals surface area contributed by atoms with Gasteiger partial charge >= 0.3 is 0 Å². The highest BCUT2D eigenvalue weighted by atomic mass is 35.5. The molecule has 4 fully saturated rings. The molecule has 0 bridgehead atoms. The van der Waals surface area contributed by atoms with E-state index >= 15 is 0 Å². The summed E-state index contributed by atoms with van der Waals surface area (Å²) in [7, 11) is 4.00. The Balaban J connectivity index is 0.00000342. The molecular formula is C30H56ClNO3. The fourth-order valence-electron chi connectivity index (χ4n) is 10.2. The Morgan fingerprint density at radius 3 is 2.20 bits per heavy atom. The van der Waals surface area contributed by atoms with Gasteiger partial charge in [0.25, 0.3) is 0 Å². The molecule has 0 aliphatic heterocycles. The molecule has 0 radical (unpaired) electrons. The summed E-state index contributed by atoms with van der Waals surface area (Å²) in [5.41, 5.74) is -2.37. The van der Waals surface area contributed by atoms with Gasteiger partial charge in [-0.05, 0) is 100.0 Å². The van der Waals surface area contributed by atoms with Crippen molar-refractivity contribution in [3.05, 3.63) is 0 Å². The van der Waals surface area contributed by atoms with E-state index < -0.39 is 17.3 Å². The van der Waals surface area contributed by atoms with Gasteiger partial charge in [0.05, 0.1) is 6.10 Å². The SMILES string of the molecule is CC(C)CCC[C@@H](C)[C@H]1CC[C@H]2[C@@H]3C[C@](O)(CN(C)C)[C@@]4(O)C[C@@H](O)CC[C@]4(C)[C@H]3CC[C@]12C.Cl. The maximum atomic E-state index is 12.3. The molecule has 206 valence electrons. The molecule has 0 aromatic carbocycles. The average Bonchev–Trinajstić information content (AvgIpc) is 3.07. The van der Waals surface area contributed by atoms with E-state index in [0.717, 1.165) is 30.6 Å². The minimum Gasteiger partial charge on any atom is -0.393 e. The van der Waals surface area contributed by atoms with Crippen LogP contribution in [-0.4, -0.2) is 58.2 Å². The smallest absolute Gasteiger partial charge is 0.107 e. The standard InChI is InChI=1S/C30H55NO3.ClH/c1-20(2)9-8-10-21(3)24-11-12-25-23-18-29(33,19-31(6)7)30(34)17-22(32)13-16-28(30,5)26(23)14-15-27(24,25)4;/h20-26,32-34H,8-19H2,1-7H3;1H/t21-,22+,23+,24-,25+,26+,27-,28-,29+,30-;/m1./s1. The third-order valence-corrected chi connectivity index (χ3v) is 11.9. The lowest BCUT2D eigenvalue weighted by molar-refractivity contribution is -0.308. The number of halogens is 1. The first-order chi connectivity index (χ1) is 15.8. The van der Waals surface area contributed by atoms with Gasteiger partial charge in [-0.25, -0.2) is 0 Å². The number of hydrogen-bond donors (Lipinski definition) is 3. The summed E-state index contributed by atoms with van der Waals surface area (Å²) < 4.78 is 0. The molecule has 4 saturated carbocycles. The normalized spacial score (nSPS) is 48.2. The molecule has 35 heavy (non-hydrogen) atoms. The summed E-state index contributed by atoms with van der Waals surface area (Å²) in [5, 5.41) is 35.1. The van der Waals surface area contributed by atoms with Crippen molar-refractivity contribution >= 4 is 12.4 Å². The highest BCUT2D eigenvalue weighted by Gasteiger charge is 2.72. The van der Waals surface area contributed by atoms with Gasteiger partial charge in [0.15, 0.2) is 0 Å². The van der Waals surface area contributed by atoms with Crippen molar-refractivity contribution in [3.63, 3.8) is 0 Å². The van der Waals surface area contributed by atoms with Gasteiger partial charge in [-0.1, -0.05) is 53.9 Å². The summed E-state index contributed by atoms with van der Waals surface area (Å²) in [4.78, 5) is 2.04. The monoisotopic (exact) mass is 513 g/mol. The second-order valence-electron chi connectivity index (χ2n) is 14.6. The van der Waals surface area contributed by atoms with Gasteiger partial charge in [-0.15, -0.1) is 12.4 Å². The molecule has 0 unspecified atom stereocenters. The first-order valence-corrected chi connectivity index (χ1v) is 14.5. The first kappa shape index (κ1) is 29.7. The molecule has 5 heteroatoms. The van der Waals surface area contributed by atoms with Crippen LogP contribution in [0.5, 0.6) is 0 Å². The lowest BCUT2D eigenvalue weighted by Gasteiger charge is -2.69. The molecule has 4 nitrogen and oxygen atoms in total. The van der Waals surface area contributed by atoms with Crippen LogP contribution in [0.1, 0.15) is 105 Å². The predicted octanol–water partition coefficient (Wildman–Crippen LogP) is 5.91. The van der Waals surface area contributed by atoms with Crippen LogP contribution in [0.15, 0.2) is 0 Å². The van der Waals surface area contributed by atoms with E-state index in [1.165, 1.54) is 44.9 Å². The summed E-state index contributed by atoms with van der Waals surface area (Å²) in [5.74, 6) is 3.91. The van der Waals surface area contributed by atoms with E-state index in [9.17, 15) is 15.3 Å². The molecule has 0 aromatic rings. The first-order valence-electron chi connectivity index (χ1n) is 14.5. The number of likely N-dealkylation sites (N-methyl/N-ethyl adjacent to an activating group) is 1. The van der Waals surface area contributed by atoms with Crippen molar-refractivity contribution in [1.29, 1.82) is 0 Å². The Bertz CT molecular complexity index is 732. The van der Waals surface area contributed by atoms with E-state index in [2.05, 4.69) is 34.6 Å². The van der Waals surface area contributed by atoms with Crippen LogP contribution in [0, 0.1) is 46.3 Å². The second kappa shape index (κ2) is 10.4. The van der Waals surface area contributed by atoms with Crippen LogP contribution >= 0.6 is 12.4 Å². The van der Waals surface area contributed by atoms with Crippen LogP contribution < -0.4 is 0 Å². The van der Waals surface area contributed by atoms with Gasteiger partial charge in [0, 0.05) is 18.4 Å². The molecule has 0 saturated heterocycles. The van der Waals surface area contributed by atoms with Crippen LogP contribution in [0.25, 0.3) is 0 Å². The van der Waals surface area contributed by atoms with Gasteiger partial charge in [-0.2, -0.15) is 0 Å². The van der Waals surface area contributed by atoms with Crippen molar-refractivity contribution in [2.45, 2.75) is 123 Å². The van der Waals surface area contributed by atoms with E-state index in [1.807, 2.05) is 19.0 Å². The van der Waals surface area contributed by atoms with Crippen molar-refractivity contribution < 1.29 is 15.3 Å². The largest absolute Gasteiger partial charge is 0.393 e. The van der Waals surface area contributed by atoms with E-state index in [0.29, 0.717) is 42.6 Å². The quantitative estimate of drug-likeness (QED) is 0.396. The lowest BCUT2D eigenvalue weighted by atomic mass is 9.39. The molecule has 4 aliphatic carbocycles. The average molecular weight is 514 g/mol. The Kier molecular flexibility index (Phi) is 8.79. The highest BCUT2D eigenvalue weighted by molar-refractivity contribution is 5.85. The fraction of sp³-hybridized carbons (Fsp3) is 1.00. The van der Waals surface area contributed by atoms with Crippen molar-refractivity contribution in [2.24, 2.45) is 46.3 Å². The van der Waals surface area contributed by atoms with Gasteiger partial charge in [-0.3, -0.25) is 0 Å². The zero-order chi connectivity index (χ0) is 25.1. The van der Waals surface area contributed by atoms with Gasteiger partial charge in [0.1, 0.15) is 11.2 Å². The Hall–Kier alpha value is 0.130. The topological polar surface area (TPSA) is 63.9 Å². The second-order valence-corrected chi connectivity index (χ2v) is 14.6. The van der Waals surface area contributed by atoms with E-state index in [1.54, 1.807) is 0 Å². The predicted molar refractivity (Wildman–Crippen MR) is 147 cm³/mol. The number of aliphatic hydroxyl groups is 3. The lowest BCUT2D eigenvalue weighted by Crippen LogP contribution is -2.76. The molecule has 0 spiro atoms. The molecular weight excluding hydrogens is 458 g/mol. The summed E-state index contributed by atoms with van der Waals surface area (Å²) >= 11 is 0. The molecule has 0 amide bonds. The molecule has 0 aromatic heterocycles. The maximum Gasteiger partial charge on any atom is 0.107 e. The molecule has 4 rings (SSSR count). The minimum absolute atomic E-state index is 0. The maximum absolute atomic E-state index is 12.3. The Morgan fingerprint density at radius 2 is 1.57 bits per heavy atom. The number of hydrogen-bond acceptors (Lipinski definition) is 4. The van der Waals surface area contributed by atoms with Crippen molar-refractivity contribution in [2.75, 3.05) is 20.6 Å². The van der Waals surface area contributed by atoms with Crippen LogP contribution in [-0.2, 0) is 0 Å². The zero-order valence-corrected chi connectivity index (χ0v) is 24.5. The zero-order valence-electron chi connectivity index (χ0n) is 23.7. The van der Waals surface area contributed by atoms with Crippen LogP contribution in [0.4, 0.5) is 0 Å². The number of nitrogens with zero attached hydrogens (tertiary/aromatic N) is 1. The number of aliphatic hydroxyl groups excluding tert-OH is 1. The molecule has 0 heterocycles. The number of rotatable bonds is 7. The Labute approximate surface area is 222 Å². The molecule has 4 aliphatic rings. The Morgan fingerprint density at radius 1 is 0.886 bits per heavy atom. The summed E-state index contributed by atoms with van der Waals surface area (Å²) in [6.45, 7) is 12.5. The van der Waals surface area contributed by atoms with E-state index in [-0.39, 0.29) is 17.8 Å². The molecule has 3 N–H and O–H groups in total. The van der Waals surface area contributed by atoms with Crippen LogP contribution in [0.3, 0.4) is 0 Å². The summed E-state index contributed by atoms with van der Waals surface area (Å²) in [6, 6.07) is 0. The van der Waals surface area contributed by atoms with Gasteiger partial charge in [0.2, 0.25) is 0 Å². The minimum atomic E-state index is -1.22. The fourth-order valence-corrected chi connectivity index (χ4v) is 10.2.